The Morgan fingerprint density at radius 1 is 1.00 bits per heavy atom. The molecule has 140 valence electrons. The Hall–Kier alpha value is -2.84. The highest BCUT2D eigenvalue weighted by molar-refractivity contribution is 5.76. The lowest BCUT2D eigenvalue weighted by Gasteiger charge is -2.34. The van der Waals surface area contributed by atoms with Crippen molar-refractivity contribution in [3.63, 3.8) is 0 Å². The molecule has 0 aliphatic carbocycles. The van der Waals surface area contributed by atoms with E-state index in [0.717, 1.165) is 50.5 Å². The summed E-state index contributed by atoms with van der Waals surface area (Å²) in [6.07, 6.45) is 1.30. The second-order valence-corrected chi connectivity index (χ2v) is 6.81. The van der Waals surface area contributed by atoms with E-state index in [1.807, 2.05) is 53.4 Å². The van der Waals surface area contributed by atoms with Crippen molar-refractivity contribution < 1.29 is 9.53 Å². The number of amides is 1. The predicted octanol–water partition coefficient (Wildman–Crippen LogP) is 2.84. The summed E-state index contributed by atoms with van der Waals surface area (Å²) < 4.78 is 5.16. The molecule has 1 aliphatic heterocycles. The van der Waals surface area contributed by atoms with Gasteiger partial charge in [0.15, 0.2) is 0 Å². The first-order chi connectivity index (χ1) is 13.2. The molecule has 3 rings (SSSR count). The number of piperazine rings is 1. The van der Waals surface area contributed by atoms with Crippen molar-refractivity contribution in [2.75, 3.05) is 33.3 Å². The minimum Gasteiger partial charge on any atom is -0.497 e. The van der Waals surface area contributed by atoms with E-state index < -0.39 is 0 Å². The molecule has 2 aromatic rings. The number of methoxy groups -OCH3 is 1. The van der Waals surface area contributed by atoms with E-state index in [9.17, 15) is 4.79 Å². The van der Waals surface area contributed by atoms with E-state index in [4.69, 9.17) is 10.00 Å². The number of nitriles is 1. The summed E-state index contributed by atoms with van der Waals surface area (Å²) in [6, 6.07) is 17.8. The summed E-state index contributed by atoms with van der Waals surface area (Å²) in [5.74, 6) is 1.06. The molecule has 5 heteroatoms. The van der Waals surface area contributed by atoms with Gasteiger partial charge in [-0.05, 0) is 41.8 Å². The largest absolute Gasteiger partial charge is 0.497 e. The van der Waals surface area contributed by atoms with Crippen LogP contribution in [0.15, 0.2) is 48.5 Å². The van der Waals surface area contributed by atoms with E-state index in [1.165, 1.54) is 5.56 Å². The van der Waals surface area contributed by atoms with E-state index in [0.29, 0.717) is 12.0 Å². The Labute approximate surface area is 160 Å². The number of ether oxygens (including phenoxy) is 1. The van der Waals surface area contributed by atoms with Gasteiger partial charge in [0.1, 0.15) is 5.75 Å². The van der Waals surface area contributed by atoms with Gasteiger partial charge in [-0.25, -0.2) is 0 Å². The summed E-state index contributed by atoms with van der Waals surface area (Å²) in [7, 11) is 1.65. The number of hydrogen-bond acceptors (Lipinski definition) is 4. The van der Waals surface area contributed by atoms with Gasteiger partial charge in [0.25, 0.3) is 0 Å². The SMILES string of the molecule is COc1ccc(CCC(=O)N2CCN(Cc3ccc(C#N)cc3)CC2)cc1. The van der Waals surface area contributed by atoms with Crippen LogP contribution >= 0.6 is 0 Å². The molecule has 0 atom stereocenters. The molecule has 0 aromatic heterocycles. The number of aryl methyl sites for hydroxylation is 1. The summed E-state index contributed by atoms with van der Waals surface area (Å²) in [6.45, 7) is 4.18. The standard InChI is InChI=1S/C22H25N3O2/c1-27-21-9-6-18(7-10-21)8-11-22(26)25-14-12-24(13-15-25)17-20-4-2-19(16-23)3-5-20/h2-7,9-10H,8,11-15,17H2,1H3. The average Bonchev–Trinajstić information content (AvgIpc) is 2.73. The molecule has 0 radical (unpaired) electrons. The molecule has 1 aliphatic rings. The maximum Gasteiger partial charge on any atom is 0.222 e. The highest BCUT2D eigenvalue weighted by Gasteiger charge is 2.20. The Bertz CT molecular complexity index is 786. The van der Waals surface area contributed by atoms with Crippen LogP contribution in [0.3, 0.4) is 0 Å². The van der Waals surface area contributed by atoms with Crippen molar-refractivity contribution in [2.24, 2.45) is 0 Å². The molecule has 0 unspecified atom stereocenters. The van der Waals surface area contributed by atoms with Gasteiger partial charge in [-0.15, -0.1) is 0 Å². The Morgan fingerprint density at radius 2 is 1.63 bits per heavy atom. The highest BCUT2D eigenvalue weighted by atomic mass is 16.5. The molecular formula is C22H25N3O2. The van der Waals surface area contributed by atoms with E-state index in [2.05, 4.69) is 11.0 Å². The van der Waals surface area contributed by atoms with E-state index in [-0.39, 0.29) is 5.91 Å². The third-order valence-corrected chi connectivity index (χ3v) is 5.00. The van der Waals surface area contributed by atoms with Crippen molar-refractivity contribution in [1.29, 1.82) is 5.26 Å². The lowest BCUT2D eigenvalue weighted by molar-refractivity contribution is -0.133. The van der Waals surface area contributed by atoms with Crippen molar-refractivity contribution in [3.8, 4) is 11.8 Å². The van der Waals surface area contributed by atoms with Crippen LogP contribution in [0.4, 0.5) is 0 Å². The molecule has 0 N–H and O–H groups in total. The fraction of sp³-hybridized carbons (Fsp3) is 0.364. The minimum atomic E-state index is 0.226. The van der Waals surface area contributed by atoms with Gasteiger partial charge in [-0.3, -0.25) is 9.69 Å². The number of hydrogen-bond donors (Lipinski definition) is 0. The van der Waals surface area contributed by atoms with Crippen molar-refractivity contribution in [1.82, 2.24) is 9.80 Å². The molecule has 0 saturated carbocycles. The van der Waals surface area contributed by atoms with Crippen LogP contribution < -0.4 is 4.74 Å². The fourth-order valence-electron chi connectivity index (χ4n) is 3.30. The molecule has 1 saturated heterocycles. The van der Waals surface area contributed by atoms with Gasteiger partial charge in [0.2, 0.25) is 5.91 Å². The first-order valence-corrected chi connectivity index (χ1v) is 9.30. The lowest BCUT2D eigenvalue weighted by atomic mass is 10.1. The minimum absolute atomic E-state index is 0.226. The maximum absolute atomic E-state index is 12.5. The maximum atomic E-state index is 12.5. The molecule has 5 nitrogen and oxygen atoms in total. The van der Waals surface area contributed by atoms with Crippen molar-refractivity contribution in [3.05, 3.63) is 65.2 Å². The number of carbonyl (C=O) groups excluding carboxylic acids is 1. The zero-order chi connectivity index (χ0) is 19.1. The number of benzene rings is 2. The van der Waals surface area contributed by atoms with Crippen LogP contribution in [0.25, 0.3) is 0 Å². The van der Waals surface area contributed by atoms with E-state index in [1.54, 1.807) is 7.11 Å². The third kappa shape index (κ3) is 5.32. The Morgan fingerprint density at radius 3 is 2.22 bits per heavy atom. The van der Waals surface area contributed by atoms with Gasteiger partial charge in [-0.1, -0.05) is 24.3 Å². The molecule has 1 amide bonds. The quantitative estimate of drug-likeness (QED) is 0.792. The first-order valence-electron chi connectivity index (χ1n) is 9.30. The second-order valence-electron chi connectivity index (χ2n) is 6.81. The highest BCUT2D eigenvalue weighted by Crippen LogP contribution is 2.14. The zero-order valence-electron chi connectivity index (χ0n) is 15.7. The van der Waals surface area contributed by atoms with Gasteiger partial charge < -0.3 is 9.64 Å². The van der Waals surface area contributed by atoms with Gasteiger partial charge in [-0.2, -0.15) is 5.26 Å². The Kier molecular flexibility index (Phi) is 6.45. The normalized spacial score (nSPS) is 14.6. The second kappa shape index (κ2) is 9.20. The summed E-state index contributed by atoms with van der Waals surface area (Å²) in [4.78, 5) is 16.8. The van der Waals surface area contributed by atoms with Crippen LogP contribution in [0, 0.1) is 11.3 Å². The Balaban J connectivity index is 1.42. The number of nitrogens with zero attached hydrogens (tertiary/aromatic N) is 3. The predicted molar refractivity (Wildman–Crippen MR) is 104 cm³/mol. The topological polar surface area (TPSA) is 56.6 Å². The van der Waals surface area contributed by atoms with Crippen LogP contribution in [-0.4, -0.2) is 49.0 Å². The smallest absolute Gasteiger partial charge is 0.222 e. The van der Waals surface area contributed by atoms with Gasteiger partial charge >= 0.3 is 0 Å². The van der Waals surface area contributed by atoms with Crippen molar-refractivity contribution >= 4 is 5.91 Å². The summed E-state index contributed by atoms with van der Waals surface area (Å²) in [5.41, 5.74) is 3.04. The van der Waals surface area contributed by atoms with Gasteiger partial charge in [0, 0.05) is 39.1 Å². The molecule has 0 spiro atoms. The van der Waals surface area contributed by atoms with E-state index >= 15 is 0 Å². The zero-order valence-corrected chi connectivity index (χ0v) is 15.7. The van der Waals surface area contributed by atoms with Crippen LogP contribution in [0.1, 0.15) is 23.1 Å². The molecule has 0 bridgehead atoms. The van der Waals surface area contributed by atoms with Crippen LogP contribution in [-0.2, 0) is 17.8 Å². The molecule has 2 aromatic carbocycles. The van der Waals surface area contributed by atoms with Crippen molar-refractivity contribution in [2.45, 2.75) is 19.4 Å². The molecule has 27 heavy (non-hydrogen) atoms. The molecule has 1 fully saturated rings. The third-order valence-electron chi connectivity index (χ3n) is 5.00. The summed E-state index contributed by atoms with van der Waals surface area (Å²) in [5, 5.41) is 8.87. The molecular weight excluding hydrogens is 338 g/mol. The number of rotatable bonds is 6. The monoisotopic (exact) mass is 363 g/mol. The molecule has 1 heterocycles. The first kappa shape index (κ1) is 18.9. The fourth-order valence-corrected chi connectivity index (χ4v) is 3.30. The summed E-state index contributed by atoms with van der Waals surface area (Å²) >= 11 is 0. The average molecular weight is 363 g/mol. The number of carbonyl (C=O) groups is 1. The lowest BCUT2D eigenvalue weighted by Crippen LogP contribution is -2.48. The van der Waals surface area contributed by atoms with Gasteiger partial charge in [0.05, 0.1) is 18.7 Å². The van der Waals surface area contributed by atoms with Crippen LogP contribution in [0.5, 0.6) is 5.75 Å². The van der Waals surface area contributed by atoms with Crippen LogP contribution in [0.2, 0.25) is 0 Å².